The number of rotatable bonds is 2. The first-order valence-corrected chi connectivity index (χ1v) is 11.6. The Hall–Kier alpha value is -1.87. The number of hydrogen-bond acceptors (Lipinski definition) is 3. The van der Waals surface area contributed by atoms with Crippen LogP contribution in [0.25, 0.3) is 6.08 Å². The second-order valence-electron chi connectivity index (χ2n) is 10.6. The molecule has 1 aromatic carbocycles. The van der Waals surface area contributed by atoms with Gasteiger partial charge in [0.15, 0.2) is 5.78 Å². The average Bonchev–Trinajstić information content (AvgIpc) is 3.00. The predicted molar refractivity (Wildman–Crippen MR) is 119 cm³/mol. The van der Waals surface area contributed by atoms with E-state index in [1.165, 1.54) is 5.57 Å². The average molecular weight is 407 g/mol. The van der Waals surface area contributed by atoms with Gasteiger partial charge in [-0.15, -0.1) is 0 Å². The molecular weight excluding hydrogens is 372 g/mol. The fraction of sp³-hybridized carbons (Fsp3) is 0.593. The molecule has 6 atom stereocenters. The molecule has 0 bridgehead atoms. The molecule has 0 heterocycles. The maximum absolute atomic E-state index is 13.5. The van der Waals surface area contributed by atoms with E-state index in [4.69, 9.17) is 4.74 Å². The van der Waals surface area contributed by atoms with Crippen LogP contribution in [0.15, 0.2) is 41.5 Å². The molecule has 3 nitrogen and oxygen atoms in total. The van der Waals surface area contributed by atoms with Crippen LogP contribution in [-0.2, 0) is 4.79 Å². The molecule has 0 spiro atoms. The van der Waals surface area contributed by atoms with Crippen molar-refractivity contribution in [3.63, 3.8) is 0 Å². The summed E-state index contributed by atoms with van der Waals surface area (Å²) in [6.45, 7) is 4.67. The second kappa shape index (κ2) is 7.09. The zero-order chi connectivity index (χ0) is 21.1. The standard InChI is InChI=1S/C27H34O3/c1-26-12-10-20(28)16-19(26)6-9-22-23(26)11-13-27(2)24(22)15-18(25(27)29)14-17-4-7-21(30-3)8-5-17/h4-8,14,20,22-24,28H,9-13,15-16H2,1-3H3/b18-14+/t20-,22+,23-,24-,26-,27-/m0/s1. The molecule has 0 aromatic heterocycles. The van der Waals surface area contributed by atoms with Crippen LogP contribution >= 0.6 is 0 Å². The number of benzene rings is 1. The normalized spacial score (nSPS) is 41.7. The Morgan fingerprint density at radius 1 is 1.03 bits per heavy atom. The molecule has 0 unspecified atom stereocenters. The Kier molecular flexibility index (Phi) is 4.74. The lowest BCUT2D eigenvalue weighted by Gasteiger charge is -2.56. The first-order chi connectivity index (χ1) is 14.3. The number of carbonyl (C=O) groups excluding carboxylic acids is 1. The third-order valence-electron chi connectivity index (χ3n) is 9.17. The monoisotopic (exact) mass is 406 g/mol. The van der Waals surface area contributed by atoms with E-state index >= 15 is 0 Å². The molecule has 5 rings (SSSR count). The molecule has 0 radical (unpaired) electrons. The first-order valence-electron chi connectivity index (χ1n) is 11.6. The van der Waals surface area contributed by atoms with Gasteiger partial charge in [-0.05, 0) is 97.5 Å². The molecule has 30 heavy (non-hydrogen) atoms. The summed E-state index contributed by atoms with van der Waals surface area (Å²) in [7, 11) is 1.67. The number of ether oxygens (including phenoxy) is 1. The van der Waals surface area contributed by atoms with Crippen LogP contribution in [0.1, 0.15) is 64.4 Å². The predicted octanol–water partition coefficient (Wildman–Crippen LogP) is 5.58. The summed E-state index contributed by atoms with van der Waals surface area (Å²) < 4.78 is 5.26. The van der Waals surface area contributed by atoms with Crippen LogP contribution in [-0.4, -0.2) is 24.1 Å². The maximum atomic E-state index is 13.5. The van der Waals surface area contributed by atoms with Crippen LogP contribution in [0.3, 0.4) is 0 Å². The molecule has 1 N–H and O–H groups in total. The van der Waals surface area contributed by atoms with E-state index in [2.05, 4.69) is 26.0 Å². The maximum Gasteiger partial charge on any atom is 0.165 e. The van der Waals surface area contributed by atoms with E-state index in [0.717, 1.165) is 61.8 Å². The van der Waals surface area contributed by atoms with Crippen LogP contribution in [0.2, 0.25) is 0 Å². The van der Waals surface area contributed by atoms with Gasteiger partial charge in [0.05, 0.1) is 13.2 Å². The fourth-order valence-electron chi connectivity index (χ4n) is 7.34. The molecule has 4 aliphatic rings. The minimum Gasteiger partial charge on any atom is -0.497 e. The minimum absolute atomic E-state index is 0.165. The number of allylic oxidation sites excluding steroid dienone is 2. The van der Waals surface area contributed by atoms with Gasteiger partial charge in [0.1, 0.15) is 5.75 Å². The zero-order valence-corrected chi connectivity index (χ0v) is 18.5. The third kappa shape index (κ3) is 2.92. The van der Waals surface area contributed by atoms with Crippen molar-refractivity contribution in [1.82, 2.24) is 0 Å². The SMILES string of the molecule is COc1ccc(/C=C2\C[C@H]3[C@@H]4CC=C5C[C@@H](O)CC[C@]5(C)[C@H]4CC[C@]3(C)C2=O)cc1. The second-order valence-corrected chi connectivity index (χ2v) is 10.6. The van der Waals surface area contributed by atoms with Crippen molar-refractivity contribution in [3.8, 4) is 5.75 Å². The zero-order valence-electron chi connectivity index (χ0n) is 18.5. The summed E-state index contributed by atoms with van der Waals surface area (Å²) in [6.07, 6.45) is 11.4. The number of methoxy groups -OCH3 is 1. The van der Waals surface area contributed by atoms with Crippen molar-refractivity contribution in [3.05, 3.63) is 47.1 Å². The Labute approximate surface area is 180 Å². The third-order valence-corrected chi connectivity index (χ3v) is 9.17. The van der Waals surface area contributed by atoms with E-state index in [-0.39, 0.29) is 16.9 Å². The Morgan fingerprint density at radius 3 is 2.50 bits per heavy atom. The van der Waals surface area contributed by atoms with Gasteiger partial charge in [-0.2, -0.15) is 0 Å². The molecule has 3 heteroatoms. The van der Waals surface area contributed by atoms with Gasteiger partial charge in [0.2, 0.25) is 0 Å². The molecule has 0 amide bonds. The lowest BCUT2D eigenvalue weighted by Crippen LogP contribution is -2.50. The van der Waals surface area contributed by atoms with Gasteiger partial charge in [-0.25, -0.2) is 0 Å². The van der Waals surface area contributed by atoms with E-state index in [9.17, 15) is 9.90 Å². The summed E-state index contributed by atoms with van der Waals surface area (Å²) in [6, 6.07) is 8.00. The summed E-state index contributed by atoms with van der Waals surface area (Å²) in [5.74, 6) is 2.89. The van der Waals surface area contributed by atoms with Gasteiger partial charge in [0.25, 0.3) is 0 Å². The Morgan fingerprint density at radius 2 is 1.77 bits per heavy atom. The highest BCUT2D eigenvalue weighted by Gasteiger charge is 2.59. The van der Waals surface area contributed by atoms with Crippen LogP contribution in [0.5, 0.6) is 5.75 Å². The van der Waals surface area contributed by atoms with Gasteiger partial charge >= 0.3 is 0 Å². The fourth-order valence-corrected chi connectivity index (χ4v) is 7.34. The highest BCUT2D eigenvalue weighted by molar-refractivity contribution is 6.05. The molecule has 0 saturated heterocycles. The van der Waals surface area contributed by atoms with Gasteiger partial charge in [0, 0.05) is 5.41 Å². The van der Waals surface area contributed by atoms with E-state index in [0.29, 0.717) is 23.5 Å². The number of aliphatic hydroxyl groups is 1. The highest BCUT2D eigenvalue weighted by atomic mass is 16.5. The van der Waals surface area contributed by atoms with E-state index in [1.54, 1.807) is 7.11 Å². The topological polar surface area (TPSA) is 46.5 Å². The van der Waals surface area contributed by atoms with Crippen molar-refractivity contribution in [2.24, 2.45) is 28.6 Å². The van der Waals surface area contributed by atoms with Gasteiger partial charge in [-0.1, -0.05) is 37.6 Å². The smallest absolute Gasteiger partial charge is 0.165 e. The molecule has 4 aliphatic carbocycles. The first kappa shape index (κ1) is 20.1. The molecule has 3 fully saturated rings. The number of aliphatic hydroxyl groups excluding tert-OH is 1. The van der Waals surface area contributed by atoms with Gasteiger partial charge in [-0.3, -0.25) is 4.79 Å². The Bertz CT molecular complexity index is 911. The lowest BCUT2D eigenvalue weighted by atomic mass is 9.48. The Balaban J connectivity index is 1.45. The molecular formula is C27H34O3. The quantitative estimate of drug-likeness (QED) is 0.515. The molecule has 3 saturated carbocycles. The van der Waals surface area contributed by atoms with Crippen molar-refractivity contribution >= 4 is 11.9 Å². The summed E-state index contributed by atoms with van der Waals surface area (Å²) in [4.78, 5) is 13.5. The molecule has 160 valence electrons. The number of carbonyl (C=O) groups is 1. The van der Waals surface area contributed by atoms with Crippen LogP contribution < -0.4 is 4.74 Å². The largest absolute Gasteiger partial charge is 0.497 e. The summed E-state index contributed by atoms with van der Waals surface area (Å²) in [5.41, 5.74) is 3.58. The lowest BCUT2D eigenvalue weighted by molar-refractivity contribution is -0.130. The molecule has 1 aromatic rings. The highest BCUT2D eigenvalue weighted by Crippen LogP contribution is 2.64. The van der Waals surface area contributed by atoms with Crippen LogP contribution in [0, 0.1) is 28.6 Å². The van der Waals surface area contributed by atoms with E-state index < -0.39 is 0 Å². The summed E-state index contributed by atoms with van der Waals surface area (Å²) >= 11 is 0. The van der Waals surface area contributed by atoms with Crippen molar-refractivity contribution in [1.29, 1.82) is 0 Å². The number of Topliss-reactive ketones (excluding diaryl/α,β-unsaturated/α-hetero) is 1. The summed E-state index contributed by atoms with van der Waals surface area (Å²) in [5, 5.41) is 10.2. The van der Waals surface area contributed by atoms with E-state index in [1.807, 2.05) is 24.3 Å². The van der Waals surface area contributed by atoms with Crippen LogP contribution in [0.4, 0.5) is 0 Å². The van der Waals surface area contributed by atoms with Crippen molar-refractivity contribution in [2.45, 2.75) is 64.9 Å². The number of hydrogen-bond donors (Lipinski definition) is 1. The number of ketones is 1. The van der Waals surface area contributed by atoms with Gasteiger partial charge < -0.3 is 9.84 Å². The molecule has 0 aliphatic heterocycles. The number of fused-ring (bicyclic) bond motifs is 5. The van der Waals surface area contributed by atoms with Crippen molar-refractivity contribution in [2.75, 3.05) is 7.11 Å². The minimum atomic E-state index is -0.213. The van der Waals surface area contributed by atoms with Crippen molar-refractivity contribution < 1.29 is 14.6 Å².